The Morgan fingerprint density at radius 1 is 0.746 bits per heavy atom. The number of thiophene rings is 2. The molecule has 2 aliphatic heterocycles. The standard InChI is InChI=1S/C23H25N3O5S.C23H25N3O4S/c1-5-17-7-9-19(32-17)22(28)25-21(15(3)30-4)23(29)24-16-6-8-18(14(2)12-16)26-10-11-31-13-20(26)27;1-4-6-18(25-23(29)20-10-8-17(5-2)31-20)22(28)24-16-7-9-19(15(3)13-16)26-11-12-30-14-21(26)27/h1,6-9,12,15,21H,10-11,13H2,2-4H3,(H,24,29)(H,25,28);2,7-10,13,18H,4,6,11-12,14H2,1,3H3,(H,24,28)(H,25,29). The van der Waals surface area contributed by atoms with Gasteiger partial charge in [0.05, 0.1) is 38.8 Å². The second-order valence-electron chi connectivity index (χ2n) is 14.5. The summed E-state index contributed by atoms with van der Waals surface area (Å²) >= 11 is 2.39. The lowest BCUT2D eigenvalue weighted by Crippen LogP contribution is -2.50. The van der Waals surface area contributed by atoms with Gasteiger partial charge in [-0.2, -0.15) is 0 Å². The third-order valence-corrected chi connectivity index (χ3v) is 12.1. The van der Waals surface area contributed by atoms with E-state index in [0.717, 1.165) is 28.9 Å². The molecule has 0 spiro atoms. The van der Waals surface area contributed by atoms with Gasteiger partial charge in [0, 0.05) is 42.9 Å². The molecule has 4 aromatic rings. The molecule has 2 aliphatic rings. The molecular formula is C46H50N6O9S2. The van der Waals surface area contributed by atoms with Gasteiger partial charge in [-0.05, 0) is 99.0 Å². The third-order valence-electron chi connectivity index (χ3n) is 10.0. The van der Waals surface area contributed by atoms with Crippen molar-refractivity contribution in [3.63, 3.8) is 0 Å². The molecule has 2 saturated heterocycles. The maximum Gasteiger partial charge on any atom is 0.262 e. The molecule has 4 N–H and O–H groups in total. The Hall–Kier alpha value is -6.34. The molecule has 0 radical (unpaired) electrons. The van der Waals surface area contributed by atoms with Crippen molar-refractivity contribution >= 4 is 80.9 Å². The van der Waals surface area contributed by atoms with Gasteiger partial charge in [-0.1, -0.05) is 25.2 Å². The van der Waals surface area contributed by atoms with Gasteiger partial charge in [0.1, 0.15) is 25.3 Å². The van der Waals surface area contributed by atoms with E-state index in [-0.39, 0.29) is 36.8 Å². The minimum Gasteiger partial charge on any atom is -0.379 e. The van der Waals surface area contributed by atoms with Crippen LogP contribution in [0.2, 0.25) is 0 Å². The van der Waals surface area contributed by atoms with Crippen LogP contribution in [-0.4, -0.2) is 100 Å². The Bertz CT molecular complexity index is 2410. The lowest BCUT2D eigenvalue weighted by Gasteiger charge is -2.28. The van der Waals surface area contributed by atoms with Crippen molar-refractivity contribution < 1.29 is 43.0 Å². The lowest BCUT2D eigenvalue weighted by atomic mass is 10.1. The van der Waals surface area contributed by atoms with Gasteiger partial charge in [-0.3, -0.25) is 28.8 Å². The van der Waals surface area contributed by atoms with Gasteiger partial charge >= 0.3 is 0 Å². The van der Waals surface area contributed by atoms with Crippen molar-refractivity contribution in [1.82, 2.24) is 10.6 Å². The number of ether oxygens (including phenoxy) is 3. The van der Waals surface area contributed by atoms with Gasteiger partial charge in [-0.15, -0.1) is 35.5 Å². The van der Waals surface area contributed by atoms with E-state index in [1.807, 2.05) is 32.9 Å². The normalized spacial score (nSPS) is 15.1. The first kappa shape index (κ1) is 47.7. The first-order valence-corrected chi connectivity index (χ1v) is 21.8. The first-order chi connectivity index (χ1) is 30.3. The molecule has 2 aromatic carbocycles. The number of hydrogen-bond acceptors (Lipinski definition) is 11. The monoisotopic (exact) mass is 894 g/mol. The summed E-state index contributed by atoms with van der Waals surface area (Å²) in [7, 11) is 1.47. The summed E-state index contributed by atoms with van der Waals surface area (Å²) in [4.78, 5) is 80.7. The van der Waals surface area contributed by atoms with Gasteiger partial charge in [0.15, 0.2) is 0 Å². The summed E-state index contributed by atoms with van der Waals surface area (Å²) in [5, 5.41) is 11.2. The van der Waals surface area contributed by atoms with Crippen molar-refractivity contribution in [3.8, 4) is 24.7 Å². The van der Waals surface area contributed by atoms with E-state index in [1.165, 1.54) is 29.8 Å². The quantitative estimate of drug-likeness (QED) is 0.125. The predicted octanol–water partition coefficient (Wildman–Crippen LogP) is 5.11. The fraction of sp³-hybridized carbons (Fsp3) is 0.348. The Labute approximate surface area is 374 Å². The van der Waals surface area contributed by atoms with Crippen molar-refractivity contribution in [2.24, 2.45) is 0 Å². The average molecular weight is 895 g/mol. The van der Waals surface area contributed by atoms with E-state index in [4.69, 9.17) is 27.1 Å². The Kier molecular flexibility index (Phi) is 17.2. The van der Waals surface area contributed by atoms with Crippen molar-refractivity contribution in [1.29, 1.82) is 0 Å². The van der Waals surface area contributed by atoms with Crippen LogP contribution in [-0.2, 0) is 33.4 Å². The highest BCUT2D eigenvalue weighted by atomic mass is 32.1. The smallest absolute Gasteiger partial charge is 0.262 e. The minimum absolute atomic E-state index is 0.0568. The maximum absolute atomic E-state index is 13.0. The Morgan fingerprint density at radius 2 is 1.22 bits per heavy atom. The number of anilines is 4. The van der Waals surface area contributed by atoms with Crippen molar-refractivity contribution in [2.45, 2.75) is 58.7 Å². The number of nitrogens with one attached hydrogen (secondary N) is 4. The molecule has 0 saturated carbocycles. The summed E-state index contributed by atoms with van der Waals surface area (Å²) in [6, 6.07) is 15.7. The van der Waals surface area contributed by atoms with E-state index < -0.39 is 30.0 Å². The number of carbonyl (C=O) groups excluding carboxylic acids is 6. The number of methoxy groups -OCH3 is 1. The SMILES string of the molecule is C#Cc1ccc(C(=O)NC(C(=O)Nc2ccc(N3CCOCC3=O)c(C)c2)C(C)OC)s1.C#Cc1ccc(C(=O)NC(CCC)C(=O)Nc2ccc(N3CCOCC3=O)c(C)c2)s1. The number of amides is 6. The topological polar surface area (TPSA) is 185 Å². The molecule has 0 bridgehead atoms. The second kappa shape index (κ2) is 22.7. The van der Waals surface area contributed by atoms with E-state index in [2.05, 4.69) is 33.1 Å². The highest BCUT2D eigenvalue weighted by Gasteiger charge is 2.29. The predicted molar refractivity (Wildman–Crippen MR) is 244 cm³/mol. The van der Waals surface area contributed by atoms with Crippen LogP contribution in [0.15, 0.2) is 60.7 Å². The molecule has 17 heteroatoms. The molecule has 2 fully saturated rings. The highest BCUT2D eigenvalue weighted by Crippen LogP contribution is 2.27. The van der Waals surface area contributed by atoms with Gasteiger partial charge in [0.2, 0.25) is 11.8 Å². The third kappa shape index (κ3) is 12.6. The molecule has 0 aliphatic carbocycles. The van der Waals surface area contributed by atoms with Crippen LogP contribution in [0.4, 0.5) is 22.7 Å². The van der Waals surface area contributed by atoms with Crippen LogP contribution in [0.3, 0.4) is 0 Å². The van der Waals surface area contributed by atoms with Gasteiger partial charge < -0.3 is 45.3 Å². The molecular weight excluding hydrogens is 845 g/mol. The number of terminal acetylenes is 2. The van der Waals surface area contributed by atoms with Crippen LogP contribution in [0.25, 0.3) is 0 Å². The van der Waals surface area contributed by atoms with Crippen LogP contribution < -0.4 is 31.1 Å². The van der Waals surface area contributed by atoms with E-state index >= 15 is 0 Å². The zero-order valence-corrected chi connectivity index (χ0v) is 37.3. The number of morpholine rings is 2. The molecule has 330 valence electrons. The van der Waals surface area contributed by atoms with Gasteiger partial charge in [0.25, 0.3) is 23.6 Å². The van der Waals surface area contributed by atoms with Crippen LogP contribution in [0.5, 0.6) is 0 Å². The first-order valence-electron chi connectivity index (χ1n) is 20.1. The molecule has 6 amide bonds. The van der Waals surface area contributed by atoms with Crippen molar-refractivity contribution in [3.05, 3.63) is 91.3 Å². The number of hydrogen-bond donors (Lipinski definition) is 4. The summed E-state index contributed by atoms with van der Waals surface area (Å²) in [5.41, 5.74) is 4.42. The fourth-order valence-electron chi connectivity index (χ4n) is 6.67. The van der Waals surface area contributed by atoms with E-state index in [0.29, 0.717) is 63.6 Å². The molecule has 6 rings (SSSR count). The number of rotatable bonds is 14. The molecule has 15 nitrogen and oxygen atoms in total. The lowest BCUT2D eigenvalue weighted by molar-refractivity contribution is -0.126. The van der Waals surface area contributed by atoms with Gasteiger partial charge in [-0.25, -0.2) is 0 Å². The number of aryl methyl sites for hydroxylation is 2. The summed E-state index contributed by atoms with van der Waals surface area (Å²) in [6.07, 6.45) is 11.4. The summed E-state index contributed by atoms with van der Waals surface area (Å²) in [5.74, 6) is 3.36. The molecule has 3 atom stereocenters. The molecule has 3 unspecified atom stereocenters. The Balaban J connectivity index is 0.000000238. The Morgan fingerprint density at radius 3 is 1.63 bits per heavy atom. The minimum atomic E-state index is -0.926. The van der Waals surface area contributed by atoms with E-state index in [1.54, 1.807) is 65.3 Å². The number of nitrogens with zero attached hydrogens (tertiary/aromatic N) is 2. The van der Waals surface area contributed by atoms with E-state index in [9.17, 15) is 28.8 Å². The van der Waals surface area contributed by atoms with Crippen molar-refractivity contribution in [2.75, 3.05) is 67.1 Å². The zero-order chi connectivity index (χ0) is 45.6. The largest absolute Gasteiger partial charge is 0.379 e. The van der Waals surface area contributed by atoms with Crippen LogP contribution >= 0.6 is 22.7 Å². The molecule has 2 aromatic heterocycles. The zero-order valence-electron chi connectivity index (χ0n) is 35.7. The molecule has 4 heterocycles. The summed E-state index contributed by atoms with van der Waals surface area (Å²) < 4.78 is 15.7. The second-order valence-corrected chi connectivity index (χ2v) is 16.7. The van der Waals surface area contributed by atoms with Crippen LogP contribution in [0, 0.1) is 38.5 Å². The maximum atomic E-state index is 13.0. The number of carbonyl (C=O) groups is 6. The highest BCUT2D eigenvalue weighted by molar-refractivity contribution is 7.14. The summed E-state index contributed by atoms with van der Waals surface area (Å²) in [6.45, 7) is 9.49. The fourth-order valence-corrected chi connectivity index (χ4v) is 8.11. The average Bonchev–Trinajstić information content (AvgIpc) is 3.97. The molecule has 63 heavy (non-hydrogen) atoms. The number of benzene rings is 2. The van der Waals surface area contributed by atoms with Crippen LogP contribution in [0.1, 0.15) is 66.9 Å².